The minimum absolute atomic E-state index is 0.128. The van der Waals surface area contributed by atoms with E-state index < -0.39 is 24.2 Å². The van der Waals surface area contributed by atoms with Gasteiger partial charge in [0.2, 0.25) is 0 Å². The van der Waals surface area contributed by atoms with E-state index in [1.54, 1.807) is 24.3 Å². The van der Waals surface area contributed by atoms with E-state index in [2.05, 4.69) is 15.5 Å². The molecule has 1 aliphatic carbocycles. The van der Waals surface area contributed by atoms with Crippen molar-refractivity contribution in [1.29, 1.82) is 0 Å². The number of hydrogen-bond donors (Lipinski definition) is 2. The number of urea groups is 1. The molecule has 0 radical (unpaired) electrons. The standard InChI is InChI=1S/C15H15F3N4O2/c16-15(17,18)12(9-6-7-9)21-14(23)19-8-11-20-13(24-22-11)10-4-2-1-3-5-10/h1-5,9,12H,6-8H2,(H2,19,21,23). The number of rotatable bonds is 5. The lowest BCUT2D eigenvalue weighted by molar-refractivity contribution is -0.157. The van der Waals surface area contributed by atoms with Crippen LogP contribution in [-0.4, -0.2) is 28.4 Å². The van der Waals surface area contributed by atoms with Crippen LogP contribution in [0.15, 0.2) is 34.9 Å². The van der Waals surface area contributed by atoms with Gasteiger partial charge in [-0.15, -0.1) is 0 Å². The number of hydrogen-bond acceptors (Lipinski definition) is 4. The molecule has 2 N–H and O–H groups in total. The number of aromatic nitrogens is 2. The molecule has 24 heavy (non-hydrogen) atoms. The SMILES string of the molecule is O=C(NCc1noc(-c2ccccc2)n1)NC(C1CC1)C(F)(F)F. The molecule has 3 rings (SSSR count). The van der Waals surface area contributed by atoms with Crippen LogP contribution in [0.4, 0.5) is 18.0 Å². The summed E-state index contributed by atoms with van der Waals surface area (Å²) in [6, 6.07) is 6.28. The van der Waals surface area contributed by atoms with Crippen molar-refractivity contribution in [2.45, 2.75) is 31.6 Å². The summed E-state index contributed by atoms with van der Waals surface area (Å²) in [5, 5.41) is 7.97. The molecule has 0 saturated heterocycles. The number of benzene rings is 1. The van der Waals surface area contributed by atoms with E-state index in [0.29, 0.717) is 18.4 Å². The quantitative estimate of drug-likeness (QED) is 0.877. The molecule has 1 fully saturated rings. The molecule has 2 amide bonds. The summed E-state index contributed by atoms with van der Waals surface area (Å²) in [6.45, 7) is -0.128. The fourth-order valence-corrected chi connectivity index (χ4v) is 2.27. The third-order valence-corrected chi connectivity index (χ3v) is 3.63. The highest BCUT2D eigenvalue weighted by Crippen LogP contribution is 2.40. The second-order valence-electron chi connectivity index (χ2n) is 5.57. The van der Waals surface area contributed by atoms with Gasteiger partial charge in [-0.2, -0.15) is 18.2 Å². The van der Waals surface area contributed by atoms with Gasteiger partial charge < -0.3 is 15.2 Å². The Labute approximate surface area is 135 Å². The molecule has 1 unspecified atom stereocenters. The predicted molar refractivity (Wildman–Crippen MR) is 77.7 cm³/mol. The Morgan fingerprint density at radius 3 is 2.62 bits per heavy atom. The maximum Gasteiger partial charge on any atom is 0.408 e. The number of nitrogens with zero attached hydrogens (tertiary/aromatic N) is 2. The van der Waals surface area contributed by atoms with Gasteiger partial charge in [0.15, 0.2) is 5.82 Å². The molecule has 1 saturated carbocycles. The average molecular weight is 340 g/mol. The van der Waals surface area contributed by atoms with Gasteiger partial charge in [0.1, 0.15) is 6.04 Å². The predicted octanol–water partition coefficient (Wildman–Crippen LogP) is 2.88. The molecule has 1 aromatic carbocycles. The van der Waals surface area contributed by atoms with Gasteiger partial charge in [-0.25, -0.2) is 4.79 Å². The molecule has 128 valence electrons. The molecule has 1 atom stereocenters. The third-order valence-electron chi connectivity index (χ3n) is 3.63. The summed E-state index contributed by atoms with van der Waals surface area (Å²) >= 11 is 0. The Kier molecular flexibility index (Phi) is 4.41. The summed E-state index contributed by atoms with van der Waals surface area (Å²) in [5.74, 6) is -0.0800. The summed E-state index contributed by atoms with van der Waals surface area (Å²) in [7, 11) is 0. The Morgan fingerprint density at radius 2 is 2.00 bits per heavy atom. The van der Waals surface area contributed by atoms with Crippen molar-refractivity contribution in [2.24, 2.45) is 5.92 Å². The van der Waals surface area contributed by atoms with Gasteiger partial charge >= 0.3 is 12.2 Å². The maximum absolute atomic E-state index is 12.8. The van der Waals surface area contributed by atoms with Gasteiger partial charge in [0.25, 0.3) is 5.89 Å². The molecule has 1 aliphatic rings. The first-order chi connectivity index (χ1) is 11.4. The van der Waals surface area contributed by atoms with Crippen molar-refractivity contribution in [1.82, 2.24) is 20.8 Å². The van der Waals surface area contributed by atoms with Crippen LogP contribution in [0.5, 0.6) is 0 Å². The van der Waals surface area contributed by atoms with Gasteiger partial charge in [0.05, 0.1) is 6.54 Å². The van der Waals surface area contributed by atoms with Crippen LogP contribution < -0.4 is 10.6 Å². The van der Waals surface area contributed by atoms with Crippen LogP contribution in [0.2, 0.25) is 0 Å². The van der Waals surface area contributed by atoms with E-state index in [1.165, 1.54) is 0 Å². The first-order valence-corrected chi connectivity index (χ1v) is 7.42. The zero-order chi connectivity index (χ0) is 17.2. The molecule has 9 heteroatoms. The lowest BCUT2D eigenvalue weighted by Crippen LogP contribution is -2.50. The molecule has 0 aliphatic heterocycles. The van der Waals surface area contributed by atoms with Crippen molar-refractivity contribution in [3.63, 3.8) is 0 Å². The largest absolute Gasteiger partial charge is 0.408 e. The second-order valence-corrected chi connectivity index (χ2v) is 5.57. The average Bonchev–Trinajstić information content (AvgIpc) is 3.27. The summed E-state index contributed by atoms with van der Waals surface area (Å²) in [5.41, 5.74) is 0.714. The molecule has 0 spiro atoms. The number of halogens is 3. The lowest BCUT2D eigenvalue weighted by atomic mass is 10.2. The number of amides is 2. The van der Waals surface area contributed by atoms with Crippen LogP contribution in [0.3, 0.4) is 0 Å². The first kappa shape index (κ1) is 16.3. The van der Waals surface area contributed by atoms with Crippen LogP contribution in [0.25, 0.3) is 11.5 Å². The minimum Gasteiger partial charge on any atom is -0.334 e. The van der Waals surface area contributed by atoms with E-state index in [-0.39, 0.29) is 18.3 Å². The Bertz CT molecular complexity index is 698. The molecule has 6 nitrogen and oxygen atoms in total. The van der Waals surface area contributed by atoms with Gasteiger partial charge in [-0.3, -0.25) is 0 Å². The topological polar surface area (TPSA) is 80.1 Å². The van der Waals surface area contributed by atoms with Crippen LogP contribution in [0, 0.1) is 5.92 Å². The molecule has 2 aromatic rings. The first-order valence-electron chi connectivity index (χ1n) is 7.42. The van der Waals surface area contributed by atoms with E-state index in [9.17, 15) is 18.0 Å². The highest BCUT2D eigenvalue weighted by atomic mass is 19.4. The Hall–Kier alpha value is -2.58. The smallest absolute Gasteiger partial charge is 0.334 e. The van der Waals surface area contributed by atoms with E-state index >= 15 is 0 Å². The number of alkyl halides is 3. The van der Waals surface area contributed by atoms with Crippen LogP contribution in [0.1, 0.15) is 18.7 Å². The van der Waals surface area contributed by atoms with Crippen molar-refractivity contribution in [2.75, 3.05) is 0 Å². The molecular weight excluding hydrogens is 325 g/mol. The second kappa shape index (κ2) is 6.50. The number of nitrogens with one attached hydrogen (secondary N) is 2. The van der Waals surface area contributed by atoms with Crippen molar-refractivity contribution in [3.8, 4) is 11.5 Å². The maximum atomic E-state index is 12.8. The Balaban J connectivity index is 1.54. The fourth-order valence-electron chi connectivity index (χ4n) is 2.27. The van der Waals surface area contributed by atoms with Crippen molar-refractivity contribution >= 4 is 6.03 Å². The lowest BCUT2D eigenvalue weighted by Gasteiger charge is -2.21. The molecule has 1 aromatic heterocycles. The molecular formula is C15H15F3N4O2. The van der Waals surface area contributed by atoms with E-state index in [0.717, 1.165) is 0 Å². The highest BCUT2D eigenvalue weighted by Gasteiger charge is 2.49. The summed E-state index contributed by atoms with van der Waals surface area (Å²) < 4.78 is 43.6. The van der Waals surface area contributed by atoms with Crippen molar-refractivity contribution in [3.05, 3.63) is 36.2 Å². The number of carbonyl (C=O) groups is 1. The van der Waals surface area contributed by atoms with Gasteiger partial charge in [-0.1, -0.05) is 23.4 Å². The van der Waals surface area contributed by atoms with Crippen molar-refractivity contribution < 1.29 is 22.5 Å². The zero-order valence-corrected chi connectivity index (χ0v) is 12.5. The summed E-state index contributed by atoms with van der Waals surface area (Å²) in [6.07, 6.45) is -3.52. The van der Waals surface area contributed by atoms with E-state index in [4.69, 9.17) is 4.52 Å². The molecule has 1 heterocycles. The third kappa shape index (κ3) is 4.03. The molecule has 0 bridgehead atoms. The van der Waals surface area contributed by atoms with Crippen LogP contribution in [-0.2, 0) is 6.54 Å². The zero-order valence-electron chi connectivity index (χ0n) is 12.5. The highest BCUT2D eigenvalue weighted by molar-refractivity contribution is 5.74. The normalized spacial score (nSPS) is 15.8. The minimum atomic E-state index is -4.45. The van der Waals surface area contributed by atoms with Gasteiger partial charge in [-0.05, 0) is 30.9 Å². The number of carbonyl (C=O) groups excluding carboxylic acids is 1. The van der Waals surface area contributed by atoms with Crippen LogP contribution >= 0.6 is 0 Å². The van der Waals surface area contributed by atoms with E-state index in [1.807, 2.05) is 11.4 Å². The summed E-state index contributed by atoms with van der Waals surface area (Å²) in [4.78, 5) is 15.8. The van der Waals surface area contributed by atoms with Gasteiger partial charge in [0, 0.05) is 5.56 Å². The fraction of sp³-hybridized carbons (Fsp3) is 0.400. The monoisotopic (exact) mass is 340 g/mol. The Morgan fingerprint density at radius 1 is 1.29 bits per heavy atom.